The second kappa shape index (κ2) is 6.25. The number of anilines is 1. The third-order valence-corrected chi connectivity index (χ3v) is 4.45. The lowest BCUT2D eigenvalue weighted by Gasteiger charge is -2.20. The molecule has 1 N–H and O–H groups in total. The molecule has 0 spiro atoms. The Morgan fingerprint density at radius 2 is 1.76 bits per heavy atom. The fourth-order valence-electron chi connectivity index (χ4n) is 2.14. The lowest BCUT2D eigenvalue weighted by atomic mass is 10.0. The van der Waals surface area contributed by atoms with Crippen LogP contribution in [0.2, 0.25) is 0 Å². The standard InChI is InChI=1S/C16H15F3IN/c1-10-7-8-12(9-15(10)20)21-11(2)13-5-3-4-6-14(13)16(17,18)19/h3-9,11,21H,1-2H3. The molecular weight excluding hydrogens is 390 g/mol. The smallest absolute Gasteiger partial charge is 0.378 e. The van der Waals surface area contributed by atoms with Crippen LogP contribution in [0.5, 0.6) is 0 Å². The van der Waals surface area contributed by atoms with Gasteiger partial charge < -0.3 is 5.32 Å². The highest BCUT2D eigenvalue weighted by Gasteiger charge is 2.34. The fourth-order valence-corrected chi connectivity index (χ4v) is 2.66. The fraction of sp³-hybridized carbons (Fsp3) is 0.250. The van der Waals surface area contributed by atoms with E-state index < -0.39 is 17.8 Å². The zero-order chi connectivity index (χ0) is 15.6. The Bertz CT molecular complexity index is 638. The Morgan fingerprint density at radius 3 is 2.38 bits per heavy atom. The number of hydrogen-bond donors (Lipinski definition) is 1. The summed E-state index contributed by atoms with van der Waals surface area (Å²) in [5.74, 6) is 0. The van der Waals surface area contributed by atoms with Crippen LogP contribution in [0, 0.1) is 10.5 Å². The minimum atomic E-state index is -4.34. The first-order valence-corrected chi connectivity index (χ1v) is 7.55. The van der Waals surface area contributed by atoms with Crippen LogP contribution in [0.15, 0.2) is 42.5 Å². The maximum absolute atomic E-state index is 13.0. The zero-order valence-corrected chi connectivity index (χ0v) is 13.8. The van der Waals surface area contributed by atoms with Crippen molar-refractivity contribution in [2.24, 2.45) is 0 Å². The Balaban J connectivity index is 2.28. The molecule has 0 saturated heterocycles. The molecule has 0 aliphatic carbocycles. The molecule has 2 aromatic rings. The molecule has 0 fully saturated rings. The van der Waals surface area contributed by atoms with Crippen molar-refractivity contribution in [1.29, 1.82) is 0 Å². The third kappa shape index (κ3) is 3.90. The summed E-state index contributed by atoms with van der Waals surface area (Å²) >= 11 is 2.21. The number of halogens is 4. The molecule has 21 heavy (non-hydrogen) atoms. The number of aryl methyl sites for hydroxylation is 1. The second-order valence-corrected chi connectivity index (χ2v) is 6.08. The predicted octanol–water partition coefficient (Wildman–Crippen LogP) is 5.79. The number of benzene rings is 2. The van der Waals surface area contributed by atoms with E-state index in [1.165, 1.54) is 12.1 Å². The normalized spacial score (nSPS) is 13.0. The van der Waals surface area contributed by atoms with Gasteiger partial charge in [-0.25, -0.2) is 0 Å². The van der Waals surface area contributed by atoms with Crippen molar-refractivity contribution in [3.63, 3.8) is 0 Å². The van der Waals surface area contributed by atoms with Crippen molar-refractivity contribution in [1.82, 2.24) is 0 Å². The molecule has 112 valence electrons. The van der Waals surface area contributed by atoms with Crippen molar-refractivity contribution >= 4 is 28.3 Å². The van der Waals surface area contributed by atoms with Gasteiger partial charge in [-0.05, 0) is 65.8 Å². The van der Waals surface area contributed by atoms with E-state index in [1.54, 1.807) is 13.0 Å². The lowest BCUT2D eigenvalue weighted by Crippen LogP contribution is -2.15. The number of alkyl halides is 3. The van der Waals surface area contributed by atoms with E-state index in [0.29, 0.717) is 0 Å². The van der Waals surface area contributed by atoms with Crippen LogP contribution < -0.4 is 5.32 Å². The molecule has 0 aliphatic heterocycles. The van der Waals surface area contributed by atoms with Crippen LogP contribution in [0.1, 0.15) is 29.7 Å². The molecule has 1 nitrogen and oxygen atoms in total. The van der Waals surface area contributed by atoms with Gasteiger partial charge in [0.05, 0.1) is 5.56 Å². The summed E-state index contributed by atoms with van der Waals surface area (Å²) in [4.78, 5) is 0. The van der Waals surface area contributed by atoms with E-state index in [9.17, 15) is 13.2 Å². The molecule has 1 atom stereocenters. The van der Waals surface area contributed by atoms with Crippen LogP contribution in [-0.2, 0) is 6.18 Å². The van der Waals surface area contributed by atoms with Crippen LogP contribution in [0.3, 0.4) is 0 Å². The van der Waals surface area contributed by atoms with Gasteiger partial charge in [0, 0.05) is 15.3 Å². The van der Waals surface area contributed by atoms with E-state index >= 15 is 0 Å². The number of hydrogen-bond acceptors (Lipinski definition) is 1. The highest BCUT2D eigenvalue weighted by atomic mass is 127. The highest BCUT2D eigenvalue weighted by Crippen LogP contribution is 2.35. The van der Waals surface area contributed by atoms with Gasteiger partial charge in [-0.15, -0.1) is 0 Å². The summed E-state index contributed by atoms with van der Waals surface area (Å²) in [6, 6.07) is 11.0. The van der Waals surface area contributed by atoms with Gasteiger partial charge in [-0.1, -0.05) is 24.3 Å². The van der Waals surface area contributed by atoms with Gasteiger partial charge >= 0.3 is 6.18 Å². The number of nitrogens with one attached hydrogen (secondary N) is 1. The second-order valence-electron chi connectivity index (χ2n) is 4.91. The van der Waals surface area contributed by atoms with E-state index in [0.717, 1.165) is 20.9 Å². The third-order valence-electron chi connectivity index (χ3n) is 3.29. The van der Waals surface area contributed by atoms with Gasteiger partial charge in [-0.2, -0.15) is 13.2 Å². The van der Waals surface area contributed by atoms with Crippen molar-refractivity contribution in [2.75, 3.05) is 5.32 Å². The first-order valence-electron chi connectivity index (χ1n) is 6.48. The van der Waals surface area contributed by atoms with Gasteiger partial charge in [-0.3, -0.25) is 0 Å². The molecule has 2 rings (SSSR count). The molecule has 0 heterocycles. The predicted molar refractivity (Wildman–Crippen MR) is 87.4 cm³/mol. The van der Waals surface area contributed by atoms with E-state index in [-0.39, 0.29) is 5.56 Å². The molecule has 5 heteroatoms. The van der Waals surface area contributed by atoms with E-state index in [1.807, 2.05) is 25.1 Å². The van der Waals surface area contributed by atoms with Crippen LogP contribution in [-0.4, -0.2) is 0 Å². The maximum Gasteiger partial charge on any atom is 0.416 e. The summed E-state index contributed by atoms with van der Waals surface area (Å²) in [5, 5.41) is 3.13. The summed E-state index contributed by atoms with van der Waals surface area (Å²) in [7, 11) is 0. The summed E-state index contributed by atoms with van der Waals surface area (Å²) < 4.78 is 40.2. The minimum absolute atomic E-state index is 0.251. The van der Waals surface area contributed by atoms with Crippen molar-refractivity contribution in [3.8, 4) is 0 Å². The molecule has 0 saturated carbocycles. The van der Waals surface area contributed by atoms with Crippen molar-refractivity contribution < 1.29 is 13.2 Å². The molecule has 0 aliphatic rings. The maximum atomic E-state index is 13.0. The average molecular weight is 405 g/mol. The molecular formula is C16H15F3IN. The summed E-state index contributed by atoms with van der Waals surface area (Å²) in [6.07, 6.45) is -4.34. The highest BCUT2D eigenvalue weighted by molar-refractivity contribution is 14.1. The first kappa shape index (κ1) is 16.1. The van der Waals surface area contributed by atoms with Crippen LogP contribution in [0.4, 0.5) is 18.9 Å². The SMILES string of the molecule is Cc1ccc(NC(C)c2ccccc2C(F)(F)F)cc1I. The topological polar surface area (TPSA) is 12.0 Å². The monoisotopic (exact) mass is 405 g/mol. The Labute approximate surface area is 135 Å². The van der Waals surface area contributed by atoms with Gasteiger partial charge in [0.2, 0.25) is 0 Å². The summed E-state index contributed by atoms with van der Waals surface area (Å²) in [6.45, 7) is 3.73. The largest absolute Gasteiger partial charge is 0.416 e. The number of rotatable bonds is 3. The van der Waals surface area contributed by atoms with E-state index in [4.69, 9.17) is 0 Å². The average Bonchev–Trinajstić information content (AvgIpc) is 2.42. The van der Waals surface area contributed by atoms with Gasteiger partial charge in [0.25, 0.3) is 0 Å². The van der Waals surface area contributed by atoms with Gasteiger partial charge in [0.15, 0.2) is 0 Å². The van der Waals surface area contributed by atoms with Crippen molar-refractivity contribution in [2.45, 2.75) is 26.1 Å². The molecule has 2 aromatic carbocycles. The quantitative estimate of drug-likeness (QED) is 0.638. The van der Waals surface area contributed by atoms with Gasteiger partial charge in [0.1, 0.15) is 0 Å². The minimum Gasteiger partial charge on any atom is -0.378 e. The Hall–Kier alpha value is -1.24. The lowest BCUT2D eigenvalue weighted by molar-refractivity contribution is -0.138. The zero-order valence-electron chi connectivity index (χ0n) is 11.6. The molecule has 1 unspecified atom stereocenters. The molecule has 0 aromatic heterocycles. The van der Waals surface area contributed by atoms with Crippen LogP contribution >= 0.6 is 22.6 Å². The molecule has 0 bridgehead atoms. The molecule has 0 radical (unpaired) electrons. The Morgan fingerprint density at radius 1 is 1.10 bits per heavy atom. The van der Waals surface area contributed by atoms with Crippen LogP contribution in [0.25, 0.3) is 0 Å². The van der Waals surface area contributed by atoms with E-state index in [2.05, 4.69) is 27.9 Å². The first-order chi connectivity index (χ1) is 9.79. The molecule has 0 amide bonds. The Kier molecular flexibility index (Phi) is 4.81. The van der Waals surface area contributed by atoms with Crippen molar-refractivity contribution in [3.05, 3.63) is 62.7 Å². The summed E-state index contributed by atoms with van der Waals surface area (Å²) in [5.41, 5.74) is 1.62.